The van der Waals surface area contributed by atoms with Crippen molar-refractivity contribution in [3.63, 3.8) is 0 Å². The van der Waals surface area contributed by atoms with Crippen molar-refractivity contribution in [3.8, 4) is 44.0 Å². The molecular formula is C35H21F3N2S. The highest BCUT2D eigenvalue weighted by Crippen LogP contribution is 2.34. The van der Waals surface area contributed by atoms with Crippen LogP contribution in [0.4, 0.5) is 13.2 Å². The molecule has 2 nitrogen and oxygen atoms in total. The number of thiazole rings is 1. The number of alkyl halides is 3. The van der Waals surface area contributed by atoms with Crippen molar-refractivity contribution in [1.29, 1.82) is 0 Å². The van der Waals surface area contributed by atoms with Gasteiger partial charge in [0.1, 0.15) is 5.01 Å². The van der Waals surface area contributed by atoms with Crippen molar-refractivity contribution in [2.75, 3.05) is 0 Å². The van der Waals surface area contributed by atoms with Gasteiger partial charge in [-0.1, -0.05) is 84.9 Å². The first-order valence-corrected chi connectivity index (χ1v) is 13.9. The van der Waals surface area contributed by atoms with Crippen LogP contribution < -0.4 is 0 Å². The van der Waals surface area contributed by atoms with Crippen molar-refractivity contribution in [2.45, 2.75) is 6.18 Å². The maximum Gasteiger partial charge on any atom is 0.416 e. The minimum absolute atomic E-state index is 0.647. The van der Waals surface area contributed by atoms with Crippen LogP contribution in [0.3, 0.4) is 0 Å². The first kappa shape index (κ1) is 25.2. The molecule has 0 fully saturated rings. The number of fused-ring (bicyclic) bond motifs is 2. The van der Waals surface area contributed by atoms with E-state index >= 15 is 0 Å². The van der Waals surface area contributed by atoms with Crippen LogP contribution in [0.5, 0.6) is 0 Å². The first-order chi connectivity index (χ1) is 19.9. The molecule has 0 aliphatic carbocycles. The number of hydrogen-bond donors (Lipinski definition) is 0. The van der Waals surface area contributed by atoms with Gasteiger partial charge in [-0.2, -0.15) is 13.2 Å². The Bertz CT molecular complexity index is 1970. The molecule has 5 aromatic carbocycles. The highest BCUT2D eigenvalue weighted by molar-refractivity contribution is 7.21. The number of benzene rings is 5. The molecule has 0 amide bonds. The Morgan fingerprint density at radius 3 is 1.73 bits per heavy atom. The Balaban J connectivity index is 1.11. The fourth-order valence-electron chi connectivity index (χ4n) is 4.97. The first-order valence-electron chi connectivity index (χ1n) is 13.0. The summed E-state index contributed by atoms with van der Waals surface area (Å²) in [6.45, 7) is 0. The van der Waals surface area contributed by atoms with Gasteiger partial charge in [-0.3, -0.25) is 4.98 Å². The second kappa shape index (κ2) is 9.98. The van der Waals surface area contributed by atoms with E-state index in [9.17, 15) is 13.2 Å². The summed E-state index contributed by atoms with van der Waals surface area (Å²) in [7, 11) is 0. The van der Waals surface area contributed by atoms with Crippen molar-refractivity contribution < 1.29 is 13.2 Å². The monoisotopic (exact) mass is 558 g/mol. The molecule has 7 rings (SSSR count). The molecule has 0 unspecified atom stereocenters. The van der Waals surface area contributed by atoms with Gasteiger partial charge in [0.15, 0.2) is 0 Å². The Kier molecular flexibility index (Phi) is 6.13. The summed E-state index contributed by atoms with van der Waals surface area (Å²) in [5.74, 6) is 0. The molecule has 0 aliphatic heterocycles. The minimum atomic E-state index is -4.34. The molecule has 0 saturated heterocycles. The summed E-state index contributed by atoms with van der Waals surface area (Å²) in [5.41, 5.74) is 8.13. The van der Waals surface area contributed by atoms with Gasteiger partial charge in [0.25, 0.3) is 0 Å². The average molecular weight is 559 g/mol. The third-order valence-electron chi connectivity index (χ3n) is 7.21. The van der Waals surface area contributed by atoms with Gasteiger partial charge in [0.2, 0.25) is 0 Å². The van der Waals surface area contributed by atoms with E-state index in [0.29, 0.717) is 0 Å². The van der Waals surface area contributed by atoms with Crippen LogP contribution in [0.15, 0.2) is 128 Å². The van der Waals surface area contributed by atoms with Gasteiger partial charge in [-0.15, -0.1) is 11.3 Å². The Morgan fingerprint density at radius 2 is 1.07 bits per heavy atom. The number of nitrogens with zero attached hydrogens (tertiary/aromatic N) is 2. The van der Waals surface area contributed by atoms with E-state index in [2.05, 4.69) is 54.6 Å². The molecular weight excluding hydrogens is 537 g/mol. The largest absolute Gasteiger partial charge is 0.416 e. The number of aromatic nitrogens is 2. The fourth-order valence-corrected chi connectivity index (χ4v) is 5.94. The Labute approximate surface area is 238 Å². The van der Waals surface area contributed by atoms with Crippen LogP contribution in [-0.4, -0.2) is 9.97 Å². The zero-order chi connectivity index (χ0) is 28.0. The predicted octanol–water partition coefficient (Wildman–Crippen LogP) is 10.5. The van der Waals surface area contributed by atoms with E-state index in [0.717, 1.165) is 72.5 Å². The van der Waals surface area contributed by atoms with Crippen LogP contribution in [0.2, 0.25) is 0 Å². The number of halogens is 3. The lowest BCUT2D eigenvalue weighted by molar-refractivity contribution is -0.137. The molecule has 0 radical (unpaired) electrons. The SMILES string of the molecule is FC(F)(F)c1ccc(-c2ccc(-c3ccc4cc(-c5ccc(-c6nc7ccccc7s6)cc5)cnc4c3)cc2)cc1. The molecule has 0 atom stereocenters. The maximum absolute atomic E-state index is 12.9. The highest BCUT2D eigenvalue weighted by Gasteiger charge is 2.29. The number of hydrogen-bond acceptors (Lipinski definition) is 3. The summed E-state index contributed by atoms with van der Waals surface area (Å²) in [6, 6.07) is 38.0. The van der Waals surface area contributed by atoms with Crippen LogP contribution in [0.1, 0.15) is 5.56 Å². The zero-order valence-corrected chi connectivity index (χ0v) is 22.4. The normalized spacial score (nSPS) is 11.8. The lowest BCUT2D eigenvalue weighted by Gasteiger charge is -2.09. The molecule has 0 saturated carbocycles. The zero-order valence-electron chi connectivity index (χ0n) is 21.6. The minimum Gasteiger partial charge on any atom is -0.256 e. The average Bonchev–Trinajstić information content (AvgIpc) is 3.45. The molecule has 0 N–H and O–H groups in total. The van der Waals surface area contributed by atoms with E-state index in [1.165, 1.54) is 16.8 Å². The lowest BCUT2D eigenvalue weighted by Crippen LogP contribution is -2.03. The lowest BCUT2D eigenvalue weighted by atomic mass is 9.98. The van der Waals surface area contributed by atoms with Crippen molar-refractivity contribution in [2.24, 2.45) is 0 Å². The molecule has 6 heteroatoms. The molecule has 0 aliphatic rings. The Hall–Kier alpha value is -4.81. The van der Waals surface area contributed by atoms with Crippen LogP contribution in [0.25, 0.3) is 65.1 Å². The fraction of sp³-hybridized carbons (Fsp3) is 0.0286. The van der Waals surface area contributed by atoms with Crippen LogP contribution >= 0.6 is 11.3 Å². The number of pyridine rings is 1. The second-order valence-corrected chi connectivity index (χ2v) is 10.9. The van der Waals surface area contributed by atoms with E-state index in [1.54, 1.807) is 11.3 Å². The van der Waals surface area contributed by atoms with Gasteiger partial charge in [0, 0.05) is 22.7 Å². The maximum atomic E-state index is 12.9. The second-order valence-electron chi connectivity index (χ2n) is 9.85. The van der Waals surface area contributed by atoms with Crippen LogP contribution in [0, 0.1) is 0 Å². The Morgan fingerprint density at radius 1 is 0.512 bits per heavy atom. The highest BCUT2D eigenvalue weighted by atomic mass is 32.1. The molecule has 2 aromatic heterocycles. The molecule has 7 aromatic rings. The summed E-state index contributed by atoms with van der Waals surface area (Å²) in [4.78, 5) is 9.50. The van der Waals surface area contributed by atoms with Gasteiger partial charge in [-0.25, -0.2) is 4.98 Å². The quantitative estimate of drug-likeness (QED) is 0.215. The van der Waals surface area contributed by atoms with E-state index in [1.807, 2.05) is 48.7 Å². The number of rotatable bonds is 4. The molecule has 0 spiro atoms. The van der Waals surface area contributed by atoms with E-state index in [4.69, 9.17) is 9.97 Å². The van der Waals surface area contributed by atoms with E-state index in [-0.39, 0.29) is 0 Å². The summed E-state index contributed by atoms with van der Waals surface area (Å²) >= 11 is 1.69. The number of para-hydroxylation sites is 1. The topological polar surface area (TPSA) is 25.8 Å². The predicted molar refractivity (Wildman–Crippen MR) is 162 cm³/mol. The van der Waals surface area contributed by atoms with Gasteiger partial charge < -0.3 is 0 Å². The van der Waals surface area contributed by atoms with Crippen molar-refractivity contribution in [1.82, 2.24) is 9.97 Å². The molecule has 2 heterocycles. The summed E-state index contributed by atoms with van der Waals surface area (Å²) < 4.78 is 39.8. The van der Waals surface area contributed by atoms with Crippen molar-refractivity contribution in [3.05, 3.63) is 133 Å². The van der Waals surface area contributed by atoms with Crippen molar-refractivity contribution >= 4 is 32.5 Å². The van der Waals surface area contributed by atoms with Gasteiger partial charge >= 0.3 is 6.18 Å². The van der Waals surface area contributed by atoms with E-state index < -0.39 is 11.7 Å². The standard InChI is InChI=1S/C35H21F3N2S/c36-35(37,38)30-17-15-23(16-18-30)22-5-7-24(8-6-22)27-13-14-28-19-29(21-39-32(28)20-27)25-9-11-26(12-10-25)34-40-31-3-1-2-4-33(31)41-34/h1-21H. The summed E-state index contributed by atoms with van der Waals surface area (Å²) in [6.07, 6.45) is -2.44. The van der Waals surface area contributed by atoms with Gasteiger partial charge in [-0.05, 0) is 64.2 Å². The molecule has 41 heavy (non-hydrogen) atoms. The third-order valence-corrected chi connectivity index (χ3v) is 8.29. The third kappa shape index (κ3) is 4.98. The molecule has 0 bridgehead atoms. The molecule has 198 valence electrons. The van der Waals surface area contributed by atoms with Gasteiger partial charge in [0.05, 0.1) is 21.3 Å². The summed E-state index contributed by atoms with van der Waals surface area (Å²) in [5, 5.41) is 2.05. The smallest absolute Gasteiger partial charge is 0.256 e. The van der Waals surface area contributed by atoms with Crippen LogP contribution in [-0.2, 0) is 6.18 Å².